The predicted molar refractivity (Wildman–Crippen MR) is 74.4 cm³/mol. The summed E-state index contributed by atoms with van der Waals surface area (Å²) in [4.78, 5) is 11.4. The SMILES string of the molecule is COc1ccc(C(C)NC(C)(C)C(N)=O)c(OC)c1. The number of amides is 1. The Morgan fingerprint density at radius 3 is 2.42 bits per heavy atom. The number of methoxy groups -OCH3 is 2. The number of benzene rings is 1. The van der Waals surface area contributed by atoms with Gasteiger partial charge in [-0.1, -0.05) is 6.07 Å². The van der Waals surface area contributed by atoms with Crippen molar-refractivity contribution < 1.29 is 14.3 Å². The van der Waals surface area contributed by atoms with Gasteiger partial charge in [0.25, 0.3) is 0 Å². The molecule has 1 atom stereocenters. The molecule has 5 nitrogen and oxygen atoms in total. The van der Waals surface area contributed by atoms with E-state index in [2.05, 4.69) is 5.32 Å². The van der Waals surface area contributed by atoms with Gasteiger partial charge >= 0.3 is 0 Å². The third kappa shape index (κ3) is 3.61. The fourth-order valence-corrected chi connectivity index (χ4v) is 1.87. The molecule has 0 saturated heterocycles. The molecule has 5 heteroatoms. The number of hydrogen-bond donors (Lipinski definition) is 2. The van der Waals surface area contributed by atoms with Crippen molar-refractivity contribution in [1.82, 2.24) is 5.32 Å². The summed E-state index contributed by atoms with van der Waals surface area (Å²) < 4.78 is 10.5. The first-order valence-corrected chi connectivity index (χ1v) is 6.11. The van der Waals surface area contributed by atoms with Crippen LogP contribution in [0.4, 0.5) is 0 Å². The minimum absolute atomic E-state index is 0.0802. The minimum Gasteiger partial charge on any atom is -0.497 e. The van der Waals surface area contributed by atoms with Crippen molar-refractivity contribution in [1.29, 1.82) is 0 Å². The van der Waals surface area contributed by atoms with Crippen LogP contribution in [0.5, 0.6) is 11.5 Å². The van der Waals surface area contributed by atoms with Gasteiger partial charge in [-0.2, -0.15) is 0 Å². The van der Waals surface area contributed by atoms with Crippen LogP contribution < -0.4 is 20.5 Å². The monoisotopic (exact) mass is 266 g/mol. The van der Waals surface area contributed by atoms with Gasteiger partial charge in [0.05, 0.1) is 19.8 Å². The van der Waals surface area contributed by atoms with E-state index in [0.29, 0.717) is 5.75 Å². The summed E-state index contributed by atoms with van der Waals surface area (Å²) in [6.07, 6.45) is 0. The fraction of sp³-hybridized carbons (Fsp3) is 0.500. The van der Waals surface area contributed by atoms with Crippen molar-refractivity contribution in [3.05, 3.63) is 23.8 Å². The zero-order valence-electron chi connectivity index (χ0n) is 12.1. The van der Waals surface area contributed by atoms with Crippen molar-refractivity contribution in [2.75, 3.05) is 14.2 Å². The van der Waals surface area contributed by atoms with E-state index in [1.54, 1.807) is 28.1 Å². The molecule has 19 heavy (non-hydrogen) atoms. The van der Waals surface area contributed by atoms with Crippen LogP contribution in [0.3, 0.4) is 0 Å². The number of nitrogens with two attached hydrogens (primary N) is 1. The molecule has 0 aliphatic heterocycles. The average molecular weight is 266 g/mol. The van der Waals surface area contributed by atoms with Gasteiger partial charge in [-0.3, -0.25) is 10.1 Å². The first-order chi connectivity index (χ1) is 8.81. The van der Waals surface area contributed by atoms with Crippen LogP contribution in [0.1, 0.15) is 32.4 Å². The van der Waals surface area contributed by atoms with E-state index >= 15 is 0 Å². The highest BCUT2D eigenvalue weighted by Gasteiger charge is 2.27. The van der Waals surface area contributed by atoms with Crippen LogP contribution in [0, 0.1) is 0 Å². The first-order valence-electron chi connectivity index (χ1n) is 6.11. The lowest BCUT2D eigenvalue weighted by Gasteiger charge is -2.28. The third-order valence-electron chi connectivity index (χ3n) is 3.10. The van der Waals surface area contributed by atoms with Crippen LogP contribution in [0.25, 0.3) is 0 Å². The van der Waals surface area contributed by atoms with Gasteiger partial charge in [-0.05, 0) is 26.8 Å². The standard InChI is InChI=1S/C14H22N2O3/c1-9(16-14(2,3)13(15)17)11-7-6-10(18-4)8-12(11)19-5/h6-9,16H,1-5H3,(H2,15,17). The molecular weight excluding hydrogens is 244 g/mol. The van der Waals surface area contributed by atoms with E-state index in [1.807, 2.05) is 25.1 Å². The molecule has 1 amide bonds. The van der Waals surface area contributed by atoms with E-state index in [-0.39, 0.29) is 6.04 Å². The molecule has 1 aromatic carbocycles. The molecule has 0 spiro atoms. The summed E-state index contributed by atoms with van der Waals surface area (Å²) in [6.45, 7) is 5.46. The Bertz CT molecular complexity index is 458. The van der Waals surface area contributed by atoms with E-state index in [9.17, 15) is 4.79 Å². The summed E-state index contributed by atoms with van der Waals surface area (Å²) in [7, 11) is 3.20. The van der Waals surface area contributed by atoms with Gasteiger partial charge in [0, 0.05) is 17.7 Å². The lowest BCUT2D eigenvalue weighted by Crippen LogP contribution is -2.51. The molecule has 0 bridgehead atoms. The summed E-state index contributed by atoms with van der Waals surface area (Å²) >= 11 is 0. The van der Waals surface area contributed by atoms with E-state index in [1.165, 1.54) is 0 Å². The normalized spacial score (nSPS) is 12.9. The van der Waals surface area contributed by atoms with Crippen molar-refractivity contribution in [3.8, 4) is 11.5 Å². The molecule has 1 rings (SSSR count). The topological polar surface area (TPSA) is 73.6 Å². The summed E-state index contributed by atoms with van der Waals surface area (Å²) in [5, 5.41) is 3.19. The second-order valence-corrected chi connectivity index (χ2v) is 4.96. The second-order valence-electron chi connectivity index (χ2n) is 4.96. The summed E-state index contributed by atoms with van der Waals surface area (Å²) in [6, 6.07) is 5.49. The molecule has 0 aromatic heterocycles. The van der Waals surface area contributed by atoms with Crippen LogP contribution in [-0.2, 0) is 4.79 Å². The minimum atomic E-state index is -0.787. The number of hydrogen-bond acceptors (Lipinski definition) is 4. The molecule has 0 saturated carbocycles. The predicted octanol–water partition coefficient (Wildman–Crippen LogP) is 1.62. The molecule has 0 fully saturated rings. The molecule has 3 N–H and O–H groups in total. The number of rotatable bonds is 6. The number of carbonyl (C=O) groups excluding carboxylic acids is 1. The summed E-state index contributed by atoms with van der Waals surface area (Å²) in [5.74, 6) is 1.04. The molecule has 1 unspecified atom stereocenters. The summed E-state index contributed by atoms with van der Waals surface area (Å²) in [5.41, 5.74) is 5.52. The number of carbonyl (C=O) groups is 1. The second kappa shape index (κ2) is 5.93. The smallest absolute Gasteiger partial charge is 0.237 e. The largest absolute Gasteiger partial charge is 0.497 e. The van der Waals surface area contributed by atoms with Gasteiger partial charge < -0.3 is 15.2 Å². The maximum Gasteiger partial charge on any atom is 0.237 e. The Balaban J connectivity index is 2.99. The molecule has 106 valence electrons. The van der Waals surface area contributed by atoms with Gasteiger partial charge in [0.2, 0.25) is 5.91 Å². The van der Waals surface area contributed by atoms with Crippen molar-refractivity contribution in [2.24, 2.45) is 5.73 Å². The number of ether oxygens (including phenoxy) is 2. The van der Waals surface area contributed by atoms with Crippen molar-refractivity contribution in [2.45, 2.75) is 32.4 Å². The number of primary amides is 1. The zero-order valence-corrected chi connectivity index (χ0v) is 12.1. The fourth-order valence-electron chi connectivity index (χ4n) is 1.87. The molecule has 0 heterocycles. The Morgan fingerprint density at radius 1 is 1.32 bits per heavy atom. The zero-order chi connectivity index (χ0) is 14.6. The Labute approximate surface area is 114 Å². The van der Waals surface area contributed by atoms with E-state index in [4.69, 9.17) is 15.2 Å². The van der Waals surface area contributed by atoms with Crippen molar-refractivity contribution >= 4 is 5.91 Å². The lowest BCUT2D eigenvalue weighted by molar-refractivity contribution is -0.123. The Hall–Kier alpha value is -1.75. The van der Waals surface area contributed by atoms with Crippen molar-refractivity contribution in [3.63, 3.8) is 0 Å². The lowest BCUT2D eigenvalue weighted by atomic mass is 9.99. The first kappa shape index (κ1) is 15.3. The average Bonchev–Trinajstić information content (AvgIpc) is 2.37. The maximum atomic E-state index is 11.4. The molecular formula is C14H22N2O3. The molecule has 0 aliphatic carbocycles. The van der Waals surface area contributed by atoms with Crippen LogP contribution >= 0.6 is 0 Å². The molecule has 0 aliphatic rings. The van der Waals surface area contributed by atoms with Crippen LogP contribution in [0.2, 0.25) is 0 Å². The quantitative estimate of drug-likeness (QED) is 0.820. The number of nitrogens with one attached hydrogen (secondary N) is 1. The molecule has 0 radical (unpaired) electrons. The van der Waals surface area contributed by atoms with Crippen LogP contribution in [-0.4, -0.2) is 25.7 Å². The van der Waals surface area contributed by atoms with E-state index in [0.717, 1.165) is 11.3 Å². The highest BCUT2D eigenvalue weighted by molar-refractivity contribution is 5.83. The Kier molecular flexibility index (Phi) is 4.78. The third-order valence-corrected chi connectivity index (χ3v) is 3.10. The van der Waals surface area contributed by atoms with Crippen LogP contribution in [0.15, 0.2) is 18.2 Å². The van der Waals surface area contributed by atoms with E-state index < -0.39 is 11.4 Å². The van der Waals surface area contributed by atoms with Gasteiger partial charge in [0.1, 0.15) is 11.5 Å². The highest BCUT2D eigenvalue weighted by atomic mass is 16.5. The maximum absolute atomic E-state index is 11.4. The van der Waals surface area contributed by atoms with Gasteiger partial charge in [0.15, 0.2) is 0 Å². The van der Waals surface area contributed by atoms with Gasteiger partial charge in [-0.15, -0.1) is 0 Å². The molecule has 1 aromatic rings. The highest BCUT2D eigenvalue weighted by Crippen LogP contribution is 2.30. The van der Waals surface area contributed by atoms with Gasteiger partial charge in [-0.25, -0.2) is 0 Å². The Morgan fingerprint density at radius 2 is 1.95 bits per heavy atom.